The molecule has 1 aromatic heterocycles. The molecule has 1 heterocycles. The molecular weight excluding hydrogens is 186 g/mol. The second-order valence-corrected chi connectivity index (χ2v) is 4.22. The summed E-state index contributed by atoms with van der Waals surface area (Å²) in [6, 6.07) is 10.8. The molecule has 2 nitrogen and oxygen atoms in total. The molecule has 0 unspecified atom stereocenters. The molecule has 1 atom stereocenters. The minimum Gasteiger partial charge on any atom is -0.344 e. The molecule has 76 valence electrons. The third kappa shape index (κ3) is 1.37. The van der Waals surface area contributed by atoms with Crippen LogP contribution in [-0.2, 0) is 4.79 Å². The normalized spacial score (nSPS) is 21.3. The van der Waals surface area contributed by atoms with E-state index in [4.69, 9.17) is 0 Å². The largest absolute Gasteiger partial charge is 0.344 e. The van der Waals surface area contributed by atoms with Crippen molar-refractivity contribution in [3.63, 3.8) is 0 Å². The zero-order chi connectivity index (χ0) is 10.3. The smallest absolute Gasteiger partial charge is 0.135 e. The van der Waals surface area contributed by atoms with E-state index in [1.165, 1.54) is 10.9 Å². The highest BCUT2D eigenvalue weighted by atomic mass is 16.1. The average molecular weight is 199 g/mol. The first kappa shape index (κ1) is 8.72. The summed E-state index contributed by atoms with van der Waals surface area (Å²) in [7, 11) is 0. The molecule has 2 heteroatoms. The summed E-state index contributed by atoms with van der Waals surface area (Å²) in [6.07, 6.45) is 4.56. The minimum atomic E-state index is 0.386. The number of nitrogens with zero attached hydrogens (tertiary/aromatic N) is 1. The Balaban J connectivity index is 2.07. The lowest BCUT2D eigenvalue weighted by molar-refractivity contribution is -0.117. The van der Waals surface area contributed by atoms with Crippen LogP contribution in [0.2, 0.25) is 0 Å². The van der Waals surface area contributed by atoms with Crippen molar-refractivity contribution in [2.45, 2.75) is 25.3 Å². The van der Waals surface area contributed by atoms with E-state index in [1.807, 2.05) is 6.07 Å². The molecule has 1 aromatic carbocycles. The molecule has 0 amide bonds. The number of fused-ring (bicyclic) bond motifs is 1. The van der Waals surface area contributed by atoms with Gasteiger partial charge in [-0.15, -0.1) is 0 Å². The predicted molar refractivity (Wildman–Crippen MR) is 59.8 cm³/mol. The summed E-state index contributed by atoms with van der Waals surface area (Å²) in [4.78, 5) is 11.3. The molecule has 0 bridgehead atoms. The van der Waals surface area contributed by atoms with E-state index in [9.17, 15) is 4.79 Å². The summed E-state index contributed by atoms with van der Waals surface area (Å²) in [5, 5.41) is 1.26. The molecule has 0 radical (unpaired) electrons. The van der Waals surface area contributed by atoms with Crippen molar-refractivity contribution in [3.05, 3.63) is 36.5 Å². The highest BCUT2D eigenvalue weighted by molar-refractivity contribution is 5.83. The number of hydrogen-bond acceptors (Lipinski definition) is 1. The Bertz CT molecular complexity index is 512. The van der Waals surface area contributed by atoms with Gasteiger partial charge >= 0.3 is 0 Å². The van der Waals surface area contributed by atoms with Crippen molar-refractivity contribution in [3.8, 4) is 0 Å². The highest BCUT2D eigenvalue weighted by Gasteiger charge is 2.23. The summed E-state index contributed by atoms with van der Waals surface area (Å²) in [5.74, 6) is 0.401. The van der Waals surface area contributed by atoms with Crippen LogP contribution in [0.25, 0.3) is 10.9 Å². The van der Waals surface area contributed by atoms with Crippen molar-refractivity contribution in [2.24, 2.45) is 0 Å². The van der Waals surface area contributed by atoms with E-state index in [0.717, 1.165) is 12.8 Å². The van der Waals surface area contributed by atoms with Crippen LogP contribution in [0, 0.1) is 0 Å². The van der Waals surface area contributed by atoms with Crippen LogP contribution in [0.4, 0.5) is 0 Å². The first-order valence-electron chi connectivity index (χ1n) is 5.42. The third-order valence-corrected chi connectivity index (χ3v) is 3.24. The summed E-state index contributed by atoms with van der Waals surface area (Å²) in [5.41, 5.74) is 1.25. The molecular formula is C13H13NO. The first-order valence-corrected chi connectivity index (χ1v) is 5.42. The molecule has 0 aliphatic heterocycles. The van der Waals surface area contributed by atoms with Crippen LogP contribution in [0.3, 0.4) is 0 Å². The zero-order valence-corrected chi connectivity index (χ0v) is 8.52. The van der Waals surface area contributed by atoms with Gasteiger partial charge in [-0.05, 0) is 23.9 Å². The number of para-hydroxylation sites is 1. The monoisotopic (exact) mass is 199 g/mol. The quantitative estimate of drug-likeness (QED) is 0.692. The lowest BCUT2D eigenvalue weighted by atomic mass is 10.2. The standard InChI is InChI=1S/C13H13NO/c15-12-6-5-11(9-12)14-8-7-10-3-1-2-4-13(10)14/h1-4,7-8,11H,5-6,9H2/t11-/m1/s1. The first-order chi connectivity index (χ1) is 7.34. The van der Waals surface area contributed by atoms with Gasteiger partial charge in [-0.1, -0.05) is 18.2 Å². The maximum atomic E-state index is 11.3. The predicted octanol–water partition coefficient (Wildman–Crippen LogP) is 2.94. The Labute approximate surface area is 88.5 Å². The Morgan fingerprint density at radius 3 is 2.87 bits per heavy atom. The molecule has 1 saturated carbocycles. The van der Waals surface area contributed by atoms with Gasteiger partial charge in [0.1, 0.15) is 5.78 Å². The lowest BCUT2D eigenvalue weighted by Gasteiger charge is -2.12. The average Bonchev–Trinajstić information content (AvgIpc) is 2.83. The van der Waals surface area contributed by atoms with Crippen LogP contribution in [0.15, 0.2) is 36.5 Å². The number of benzene rings is 1. The van der Waals surface area contributed by atoms with Gasteiger partial charge in [0, 0.05) is 30.6 Å². The molecule has 1 aliphatic rings. The molecule has 0 spiro atoms. The van der Waals surface area contributed by atoms with Crippen LogP contribution >= 0.6 is 0 Å². The van der Waals surface area contributed by atoms with Gasteiger partial charge in [-0.3, -0.25) is 4.79 Å². The van der Waals surface area contributed by atoms with Crippen LogP contribution in [-0.4, -0.2) is 10.4 Å². The fourth-order valence-corrected chi connectivity index (χ4v) is 2.45. The van der Waals surface area contributed by atoms with Gasteiger partial charge in [0.05, 0.1) is 0 Å². The lowest BCUT2D eigenvalue weighted by Crippen LogP contribution is -2.03. The van der Waals surface area contributed by atoms with E-state index in [1.54, 1.807) is 0 Å². The molecule has 3 rings (SSSR count). The summed E-state index contributed by atoms with van der Waals surface area (Å²) < 4.78 is 2.25. The van der Waals surface area contributed by atoms with Crippen molar-refractivity contribution in [1.82, 2.24) is 4.57 Å². The van der Waals surface area contributed by atoms with Gasteiger partial charge in [0.25, 0.3) is 0 Å². The zero-order valence-electron chi connectivity index (χ0n) is 8.52. The highest BCUT2D eigenvalue weighted by Crippen LogP contribution is 2.30. The molecule has 0 N–H and O–H groups in total. The number of carbonyl (C=O) groups is 1. The van der Waals surface area contributed by atoms with E-state index in [2.05, 4.69) is 35.0 Å². The van der Waals surface area contributed by atoms with Crippen molar-refractivity contribution >= 4 is 16.7 Å². The van der Waals surface area contributed by atoms with Gasteiger partial charge in [0.2, 0.25) is 0 Å². The molecule has 1 fully saturated rings. The maximum Gasteiger partial charge on any atom is 0.135 e. The van der Waals surface area contributed by atoms with E-state index >= 15 is 0 Å². The Kier molecular flexibility index (Phi) is 1.88. The fourth-order valence-electron chi connectivity index (χ4n) is 2.45. The Morgan fingerprint density at radius 1 is 1.20 bits per heavy atom. The number of hydrogen-bond donors (Lipinski definition) is 0. The van der Waals surface area contributed by atoms with Gasteiger partial charge in [-0.2, -0.15) is 0 Å². The van der Waals surface area contributed by atoms with Crippen LogP contribution in [0.5, 0.6) is 0 Å². The van der Waals surface area contributed by atoms with Crippen LogP contribution in [0.1, 0.15) is 25.3 Å². The van der Waals surface area contributed by atoms with Crippen LogP contribution < -0.4 is 0 Å². The number of ketones is 1. The number of aromatic nitrogens is 1. The maximum absolute atomic E-state index is 11.3. The fraction of sp³-hybridized carbons (Fsp3) is 0.308. The van der Waals surface area contributed by atoms with E-state index < -0.39 is 0 Å². The third-order valence-electron chi connectivity index (χ3n) is 3.24. The molecule has 15 heavy (non-hydrogen) atoms. The SMILES string of the molecule is O=C1CC[C@@H](n2ccc3ccccc32)C1. The number of Topliss-reactive ketones (excluding diaryl/α,β-unsaturated/α-hetero) is 1. The second-order valence-electron chi connectivity index (χ2n) is 4.22. The van der Waals surface area contributed by atoms with Crippen molar-refractivity contribution in [1.29, 1.82) is 0 Å². The molecule has 1 aliphatic carbocycles. The summed E-state index contributed by atoms with van der Waals surface area (Å²) >= 11 is 0. The van der Waals surface area contributed by atoms with Crippen molar-refractivity contribution in [2.75, 3.05) is 0 Å². The Hall–Kier alpha value is -1.57. The second kappa shape index (κ2) is 3.23. The minimum absolute atomic E-state index is 0.386. The number of carbonyl (C=O) groups excluding carboxylic acids is 1. The topological polar surface area (TPSA) is 22.0 Å². The molecule has 2 aromatic rings. The summed E-state index contributed by atoms with van der Waals surface area (Å²) in [6.45, 7) is 0. The van der Waals surface area contributed by atoms with Gasteiger partial charge in [0.15, 0.2) is 0 Å². The van der Waals surface area contributed by atoms with Gasteiger partial charge in [-0.25, -0.2) is 0 Å². The molecule has 0 saturated heterocycles. The number of rotatable bonds is 1. The van der Waals surface area contributed by atoms with Gasteiger partial charge < -0.3 is 4.57 Å². The van der Waals surface area contributed by atoms with Crippen molar-refractivity contribution < 1.29 is 4.79 Å². The van der Waals surface area contributed by atoms with E-state index in [0.29, 0.717) is 18.2 Å². The van der Waals surface area contributed by atoms with E-state index in [-0.39, 0.29) is 0 Å². The Morgan fingerprint density at radius 2 is 2.07 bits per heavy atom.